The van der Waals surface area contributed by atoms with Gasteiger partial charge in [-0.1, -0.05) is 15.9 Å². The molecule has 0 spiro atoms. The number of hydrogen-bond donors (Lipinski definition) is 1. The summed E-state index contributed by atoms with van der Waals surface area (Å²) in [5, 5.41) is 3.09. The quantitative estimate of drug-likeness (QED) is 0.860. The molecule has 1 aliphatic rings. The second-order valence-corrected chi connectivity index (χ2v) is 7.33. The summed E-state index contributed by atoms with van der Waals surface area (Å²) >= 11 is 3.49. The van der Waals surface area contributed by atoms with Gasteiger partial charge < -0.3 is 10.2 Å². The number of carbonyl (C=O) groups excluding carboxylic acids is 1. The minimum Gasteiger partial charge on any atom is -0.355 e. The molecule has 104 valence electrons. The van der Waals surface area contributed by atoms with E-state index in [1.807, 2.05) is 19.9 Å². The Kier molecular flexibility index (Phi) is 3.42. The van der Waals surface area contributed by atoms with Crippen LogP contribution in [0.2, 0.25) is 0 Å². The fourth-order valence-electron chi connectivity index (χ4n) is 2.52. The van der Waals surface area contributed by atoms with E-state index in [-0.39, 0.29) is 11.4 Å². The van der Waals surface area contributed by atoms with Crippen LogP contribution >= 0.6 is 15.9 Å². The number of amides is 1. The smallest absolute Gasteiger partial charge is 0.245 e. The molecule has 1 aromatic rings. The van der Waals surface area contributed by atoms with Crippen molar-refractivity contribution in [2.75, 3.05) is 11.4 Å². The van der Waals surface area contributed by atoms with Gasteiger partial charge in [0.25, 0.3) is 0 Å². The van der Waals surface area contributed by atoms with Crippen LogP contribution in [0.4, 0.5) is 5.69 Å². The van der Waals surface area contributed by atoms with Crippen molar-refractivity contribution in [2.45, 2.75) is 45.7 Å². The van der Waals surface area contributed by atoms with Crippen molar-refractivity contribution in [1.29, 1.82) is 0 Å². The van der Waals surface area contributed by atoms with Crippen molar-refractivity contribution in [3.63, 3.8) is 0 Å². The number of hydrogen-bond acceptors (Lipinski definition) is 2. The Labute approximate surface area is 123 Å². The number of nitrogens with one attached hydrogen (secondary N) is 1. The fourth-order valence-corrected chi connectivity index (χ4v) is 3.00. The van der Waals surface area contributed by atoms with Gasteiger partial charge in [0.1, 0.15) is 5.54 Å². The Balaban J connectivity index is 2.48. The first kappa shape index (κ1) is 14.4. The topological polar surface area (TPSA) is 32.3 Å². The van der Waals surface area contributed by atoms with E-state index >= 15 is 0 Å². The molecule has 0 radical (unpaired) electrons. The van der Waals surface area contributed by atoms with Crippen LogP contribution in [0.25, 0.3) is 0 Å². The van der Waals surface area contributed by atoms with E-state index in [0.717, 1.165) is 16.7 Å². The highest BCUT2D eigenvalue weighted by Gasteiger charge is 2.44. The lowest BCUT2D eigenvalue weighted by atomic mass is 9.89. The Morgan fingerprint density at radius 1 is 1.26 bits per heavy atom. The first-order chi connectivity index (χ1) is 8.63. The molecule has 0 aromatic heterocycles. The second kappa shape index (κ2) is 4.51. The number of anilines is 1. The third-order valence-corrected chi connectivity index (χ3v) is 4.18. The van der Waals surface area contributed by atoms with E-state index in [4.69, 9.17) is 0 Å². The largest absolute Gasteiger partial charge is 0.355 e. The molecule has 1 aliphatic heterocycles. The van der Waals surface area contributed by atoms with Crippen LogP contribution in [0.1, 0.15) is 33.3 Å². The van der Waals surface area contributed by atoms with Crippen molar-refractivity contribution in [3.8, 4) is 0 Å². The van der Waals surface area contributed by atoms with E-state index in [9.17, 15) is 4.79 Å². The number of rotatable bonds is 1. The summed E-state index contributed by atoms with van der Waals surface area (Å²) in [6, 6.07) is 6.19. The maximum absolute atomic E-state index is 12.3. The first-order valence-electron chi connectivity index (χ1n) is 6.50. The summed E-state index contributed by atoms with van der Waals surface area (Å²) in [5.74, 6) is 0.0751. The van der Waals surface area contributed by atoms with Gasteiger partial charge in [-0.15, -0.1) is 0 Å². The summed E-state index contributed by atoms with van der Waals surface area (Å²) in [7, 11) is 0. The van der Waals surface area contributed by atoms with Crippen molar-refractivity contribution in [1.82, 2.24) is 5.32 Å². The molecule has 0 unspecified atom stereocenters. The Morgan fingerprint density at radius 3 is 2.47 bits per heavy atom. The summed E-state index contributed by atoms with van der Waals surface area (Å²) in [6.45, 7) is 10.9. The molecule has 2 rings (SSSR count). The lowest BCUT2D eigenvalue weighted by molar-refractivity contribution is -0.128. The molecule has 1 aromatic carbocycles. The predicted molar refractivity (Wildman–Crippen MR) is 82.5 cm³/mol. The van der Waals surface area contributed by atoms with Gasteiger partial charge in [-0.25, -0.2) is 0 Å². The number of piperazine rings is 1. The van der Waals surface area contributed by atoms with Gasteiger partial charge in [0.05, 0.1) is 5.54 Å². The van der Waals surface area contributed by atoms with Crippen molar-refractivity contribution < 1.29 is 4.79 Å². The van der Waals surface area contributed by atoms with Gasteiger partial charge in [0, 0.05) is 16.7 Å². The average molecular weight is 325 g/mol. The summed E-state index contributed by atoms with van der Waals surface area (Å²) in [5.41, 5.74) is 1.55. The van der Waals surface area contributed by atoms with Crippen LogP contribution in [-0.2, 0) is 4.79 Å². The third kappa shape index (κ3) is 2.64. The van der Waals surface area contributed by atoms with Gasteiger partial charge in [0.2, 0.25) is 5.91 Å². The fraction of sp³-hybridized carbons (Fsp3) is 0.533. The van der Waals surface area contributed by atoms with Crippen molar-refractivity contribution >= 4 is 27.5 Å². The SMILES string of the molecule is Cc1cc(Br)ccc1N1CC(C)(C)NC(=O)C1(C)C. The average Bonchev–Trinajstić information content (AvgIpc) is 2.24. The van der Waals surface area contributed by atoms with E-state index in [1.54, 1.807) is 0 Å². The van der Waals surface area contributed by atoms with Crippen LogP contribution < -0.4 is 10.2 Å². The maximum atomic E-state index is 12.3. The highest BCUT2D eigenvalue weighted by Crippen LogP contribution is 2.33. The number of carbonyl (C=O) groups is 1. The molecule has 1 N–H and O–H groups in total. The van der Waals surface area contributed by atoms with Crippen LogP contribution in [0.3, 0.4) is 0 Å². The number of nitrogens with zero attached hydrogens (tertiary/aromatic N) is 1. The van der Waals surface area contributed by atoms with E-state index in [1.165, 1.54) is 5.56 Å². The minimum atomic E-state index is -0.534. The summed E-state index contributed by atoms with van der Waals surface area (Å²) < 4.78 is 1.06. The maximum Gasteiger partial charge on any atom is 0.245 e. The lowest BCUT2D eigenvalue weighted by Gasteiger charge is -2.50. The van der Waals surface area contributed by atoms with Crippen LogP contribution in [0.5, 0.6) is 0 Å². The summed E-state index contributed by atoms with van der Waals surface area (Å²) in [4.78, 5) is 14.5. The zero-order chi connectivity index (χ0) is 14.4. The van der Waals surface area contributed by atoms with Crippen molar-refractivity contribution in [2.24, 2.45) is 0 Å². The highest BCUT2D eigenvalue weighted by molar-refractivity contribution is 9.10. The normalized spacial score (nSPS) is 21.2. The highest BCUT2D eigenvalue weighted by atomic mass is 79.9. The molecule has 0 bridgehead atoms. The van der Waals surface area contributed by atoms with Gasteiger partial charge in [0.15, 0.2) is 0 Å². The number of benzene rings is 1. The van der Waals surface area contributed by atoms with Crippen LogP contribution in [0.15, 0.2) is 22.7 Å². The number of aryl methyl sites for hydroxylation is 1. The molecular weight excluding hydrogens is 304 g/mol. The monoisotopic (exact) mass is 324 g/mol. The molecule has 1 heterocycles. The van der Waals surface area contributed by atoms with E-state index < -0.39 is 5.54 Å². The van der Waals surface area contributed by atoms with Gasteiger partial charge in [-0.3, -0.25) is 4.79 Å². The molecule has 1 fully saturated rings. The Hall–Kier alpha value is -1.03. The summed E-state index contributed by atoms with van der Waals surface area (Å²) in [6.07, 6.45) is 0. The molecule has 1 amide bonds. The van der Waals surface area contributed by atoms with Crippen molar-refractivity contribution in [3.05, 3.63) is 28.2 Å². The molecule has 1 saturated heterocycles. The molecule has 19 heavy (non-hydrogen) atoms. The first-order valence-corrected chi connectivity index (χ1v) is 7.29. The second-order valence-electron chi connectivity index (χ2n) is 6.41. The van der Waals surface area contributed by atoms with Crippen LogP contribution in [0, 0.1) is 6.92 Å². The van der Waals surface area contributed by atoms with Gasteiger partial charge in [-0.05, 0) is 58.4 Å². The molecular formula is C15H21BrN2O. The Morgan fingerprint density at radius 2 is 1.89 bits per heavy atom. The lowest BCUT2D eigenvalue weighted by Crippen LogP contribution is -2.69. The molecule has 3 nitrogen and oxygen atoms in total. The van der Waals surface area contributed by atoms with Crippen LogP contribution in [-0.4, -0.2) is 23.5 Å². The van der Waals surface area contributed by atoms with E-state index in [2.05, 4.69) is 59.1 Å². The third-order valence-electron chi connectivity index (χ3n) is 3.69. The molecule has 0 saturated carbocycles. The molecule has 4 heteroatoms. The predicted octanol–water partition coefficient (Wildman–Crippen LogP) is 3.25. The standard InChI is InChI=1S/C15H21BrN2O/c1-10-8-11(16)6-7-12(10)18-9-14(2,3)17-13(19)15(18,4)5/h6-8H,9H2,1-5H3,(H,17,19). The molecule has 0 aliphatic carbocycles. The zero-order valence-corrected chi connectivity index (χ0v) is 13.8. The van der Waals surface area contributed by atoms with E-state index in [0.29, 0.717) is 0 Å². The minimum absolute atomic E-state index is 0.0751. The number of halogens is 1. The molecule has 0 atom stereocenters. The zero-order valence-electron chi connectivity index (χ0n) is 12.2. The van der Waals surface area contributed by atoms with Gasteiger partial charge in [-0.2, -0.15) is 0 Å². The van der Waals surface area contributed by atoms with Gasteiger partial charge >= 0.3 is 0 Å². The Bertz CT molecular complexity index is 523.